The van der Waals surface area contributed by atoms with Crippen LogP contribution in [0.2, 0.25) is 0 Å². The normalized spacial score (nSPS) is 12.5. The van der Waals surface area contributed by atoms with E-state index in [0.29, 0.717) is 0 Å². The molecule has 10 heteroatoms. The van der Waals surface area contributed by atoms with E-state index in [1.165, 1.54) is 0 Å². The van der Waals surface area contributed by atoms with Gasteiger partial charge in [-0.2, -0.15) is 0 Å². The summed E-state index contributed by atoms with van der Waals surface area (Å²) >= 11 is 0. The molecule has 0 saturated carbocycles. The highest BCUT2D eigenvalue weighted by molar-refractivity contribution is 7.90. The summed E-state index contributed by atoms with van der Waals surface area (Å²) in [6, 6.07) is 2.76. The van der Waals surface area contributed by atoms with Crippen LogP contribution in [0.5, 0.6) is 0 Å². The van der Waals surface area contributed by atoms with Crippen LogP contribution in [-0.4, -0.2) is 44.1 Å². The van der Waals surface area contributed by atoms with E-state index in [9.17, 15) is 28.1 Å². The summed E-state index contributed by atoms with van der Waals surface area (Å²) in [5.74, 6) is -1.27. The maximum atomic E-state index is 11.9. The summed E-state index contributed by atoms with van der Waals surface area (Å²) in [7, 11) is -3.83. The SMILES string of the molecule is CC(C)[C@@H](C)NC(=O)COC(=O)c1ccc(S(C)(=O)=O)c([N+](=O)[O-])c1. The van der Waals surface area contributed by atoms with Gasteiger partial charge in [0.25, 0.3) is 11.6 Å². The number of amides is 1. The first-order valence-corrected chi connectivity index (χ1v) is 9.27. The van der Waals surface area contributed by atoms with Crippen molar-refractivity contribution < 1.29 is 27.7 Å². The standard InChI is InChI=1S/C15H20N2O7S/c1-9(2)10(3)16-14(18)8-24-15(19)11-5-6-13(25(4,22)23)12(7-11)17(20)21/h5-7,9-10H,8H2,1-4H3,(H,16,18)/t10-/m1/s1. The number of nitrogens with zero attached hydrogens (tertiary/aromatic N) is 1. The van der Waals surface area contributed by atoms with E-state index >= 15 is 0 Å². The lowest BCUT2D eigenvalue weighted by atomic mass is 10.1. The molecule has 1 aromatic carbocycles. The number of nitro groups is 1. The molecule has 9 nitrogen and oxygen atoms in total. The van der Waals surface area contributed by atoms with E-state index < -0.39 is 43.8 Å². The topological polar surface area (TPSA) is 133 Å². The van der Waals surface area contributed by atoms with E-state index in [-0.39, 0.29) is 17.5 Å². The second kappa shape index (κ2) is 8.06. The summed E-state index contributed by atoms with van der Waals surface area (Å²) in [5, 5.41) is 13.7. The highest BCUT2D eigenvalue weighted by Gasteiger charge is 2.24. The maximum absolute atomic E-state index is 11.9. The van der Waals surface area contributed by atoms with Gasteiger partial charge in [0.2, 0.25) is 0 Å². The predicted octanol–water partition coefficient (Wildman–Crippen LogP) is 1.32. The molecule has 0 fully saturated rings. The Bertz CT molecular complexity index is 787. The van der Waals surface area contributed by atoms with Gasteiger partial charge in [-0.05, 0) is 25.0 Å². The summed E-state index contributed by atoms with van der Waals surface area (Å²) in [5.41, 5.74) is -0.946. The van der Waals surface area contributed by atoms with Crippen molar-refractivity contribution in [2.75, 3.05) is 12.9 Å². The van der Waals surface area contributed by atoms with Gasteiger partial charge in [-0.15, -0.1) is 0 Å². The van der Waals surface area contributed by atoms with Crippen molar-refractivity contribution >= 4 is 27.4 Å². The number of nitro benzene ring substituents is 1. The van der Waals surface area contributed by atoms with Crippen molar-refractivity contribution in [3.05, 3.63) is 33.9 Å². The zero-order chi connectivity index (χ0) is 19.4. The summed E-state index contributed by atoms with van der Waals surface area (Å²) in [6.07, 6.45) is 0.827. The van der Waals surface area contributed by atoms with Crippen LogP contribution in [0.4, 0.5) is 5.69 Å². The van der Waals surface area contributed by atoms with Crippen LogP contribution in [0, 0.1) is 16.0 Å². The Kier molecular flexibility index (Phi) is 6.63. The lowest BCUT2D eigenvalue weighted by molar-refractivity contribution is -0.387. The van der Waals surface area contributed by atoms with Crippen molar-refractivity contribution in [3.8, 4) is 0 Å². The lowest BCUT2D eigenvalue weighted by Crippen LogP contribution is -2.38. The average Bonchev–Trinajstić information content (AvgIpc) is 2.50. The van der Waals surface area contributed by atoms with E-state index in [0.717, 1.165) is 24.5 Å². The van der Waals surface area contributed by atoms with Crippen molar-refractivity contribution in [2.45, 2.75) is 31.7 Å². The number of benzene rings is 1. The quantitative estimate of drug-likeness (QED) is 0.433. The summed E-state index contributed by atoms with van der Waals surface area (Å²) in [4.78, 5) is 33.2. The van der Waals surface area contributed by atoms with Gasteiger partial charge < -0.3 is 10.1 Å². The van der Waals surface area contributed by atoms with Gasteiger partial charge >= 0.3 is 5.97 Å². The molecule has 1 atom stereocenters. The van der Waals surface area contributed by atoms with Crippen LogP contribution >= 0.6 is 0 Å². The Hall–Kier alpha value is -2.49. The molecule has 0 aliphatic rings. The van der Waals surface area contributed by atoms with Gasteiger partial charge in [-0.25, -0.2) is 13.2 Å². The molecule has 1 amide bonds. The highest BCUT2D eigenvalue weighted by Crippen LogP contribution is 2.25. The summed E-state index contributed by atoms with van der Waals surface area (Å²) < 4.78 is 27.9. The number of nitrogens with one attached hydrogen (secondary N) is 1. The molecule has 138 valence electrons. The molecule has 0 aromatic heterocycles. The molecule has 0 heterocycles. The molecule has 0 unspecified atom stereocenters. The lowest BCUT2D eigenvalue weighted by Gasteiger charge is -2.17. The minimum absolute atomic E-state index is 0.110. The predicted molar refractivity (Wildman–Crippen MR) is 88.9 cm³/mol. The summed E-state index contributed by atoms with van der Waals surface area (Å²) in [6.45, 7) is 5.09. The van der Waals surface area contributed by atoms with Crippen LogP contribution in [0.1, 0.15) is 31.1 Å². The minimum Gasteiger partial charge on any atom is -0.452 e. The number of esters is 1. The maximum Gasteiger partial charge on any atom is 0.338 e. The van der Waals surface area contributed by atoms with Gasteiger partial charge in [0.15, 0.2) is 16.4 Å². The smallest absolute Gasteiger partial charge is 0.338 e. The van der Waals surface area contributed by atoms with Gasteiger partial charge in [-0.3, -0.25) is 14.9 Å². The molecule has 25 heavy (non-hydrogen) atoms. The number of carbonyl (C=O) groups excluding carboxylic acids is 2. The minimum atomic E-state index is -3.83. The van der Waals surface area contributed by atoms with Gasteiger partial charge in [0, 0.05) is 18.4 Å². The number of rotatable bonds is 7. The molecule has 1 rings (SSSR count). The molecule has 0 saturated heterocycles. The third kappa shape index (κ3) is 5.82. The molecule has 0 bridgehead atoms. The van der Waals surface area contributed by atoms with Gasteiger partial charge in [0.1, 0.15) is 4.90 Å². The Morgan fingerprint density at radius 2 is 1.88 bits per heavy atom. The first-order valence-electron chi connectivity index (χ1n) is 7.38. The Labute approximate surface area is 145 Å². The largest absolute Gasteiger partial charge is 0.452 e. The van der Waals surface area contributed by atoms with E-state index in [1.54, 1.807) is 6.92 Å². The zero-order valence-electron chi connectivity index (χ0n) is 14.3. The van der Waals surface area contributed by atoms with Crippen LogP contribution in [0.15, 0.2) is 23.1 Å². The molecule has 0 aliphatic carbocycles. The number of carbonyl (C=O) groups is 2. The molecule has 0 radical (unpaired) electrons. The third-order valence-corrected chi connectivity index (χ3v) is 4.66. The van der Waals surface area contributed by atoms with Crippen LogP contribution in [0.3, 0.4) is 0 Å². The van der Waals surface area contributed by atoms with Crippen molar-refractivity contribution in [2.24, 2.45) is 5.92 Å². The number of hydrogen-bond acceptors (Lipinski definition) is 7. The first-order chi connectivity index (χ1) is 11.4. The van der Waals surface area contributed by atoms with E-state index in [2.05, 4.69) is 5.32 Å². The number of ether oxygens (including phenoxy) is 1. The van der Waals surface area contributed by atoms with Crippen LogP contribution < -0.4 is 5.32 Å². The molecule has 0 aliphatic heterocycles. The van der Waals surface area contributed by atoms with Crippen molar-refractivity contribution in [1.82, 2.24) is 5.32 Å². The average molecular weight is 372 g/mol. The molecule has 1 aromatic rings. The van der Waals surface area contributed by atoms with Gasteiger partial charge in [-0.1, -0.05) is 13.8 Å². The molecular weight excluding hydrogens is 352 g/mol. The number of hydrogen-bond donors (Lipinski definition) is 1. The Morgan fingerprint density at radius 1 is 1.28 bits per heavy atom. The monoisotopic (exact) mass is 372 g/mol. The van der Waals surface area contributed by atoms with Gasteiger partial charge in [0.05, 0.1) is 10.5 Å². The Balaban J connectivity index is 2.88. The van der Waals surface area contributed by atoms with E-state index in [4.69, 9.17) is 4.74 Å². The fraction of sp³-hybridized carbons (Fsp3) is 0.467. The molecule has 0 spiro atoms. The Morgan fingerprint density at radius 3 is 2.36 bits per heavy atom. The zero-order valence-corrected chi connectivity index (χ0v) is 15.1. The molecule has 1 N–H and O–H groups in total. The highest BCUT2D eigenvalue weighted by atomic mass is 32.2. The van der Waals surface area contributed by atoms with Crippen molar-refractivity contribution in [1.29, 1.82) is 0 Å². The van der Waals surface area contributed by atoms with Crippen LogP contribution in [0.25, 0.3) is 0 Å². The van der Waals surface area contributed by atoms with E-state index in [1.807, 2.05) is 13.8 Å². The van der Waals surface area contributed by atoms with Crippen molar-refractivity contribution in [3.63, 3.8) is 0 Å². The fourth-order valence-electron chi connectivity index (χ4n) is 1.78. The fourth-order valence-corrected chi connectivity index (χ4v) is 2.61. The first kappa shape index (κ1) is 20.6. The molecular formula is C15H20N2O7S. The third-order valence-electron chi connectivity index (χ3n) is 3.51. The number of sulfone groups is 1. The van der Waals surface area contributed by atoms with Crippen LogP contribution in [-0.2, 0) is 19.4 Å². The second-order valence-electron chi connectivity index (χ2n) is 5.89. The second-order valence-corrected chi connectivity index (χ2v) is 7.87.